The van der Waals surface area contributed by atoms with E-state index in [-0.39, 0.29) is 5.31 Å². The van der Waals surface area contributed by atoms with Gasteiger partial charge in [0.05, 0.1) is 7.85 Å². The highest BCUT2D eigenvalue weighted by atomic mass is 14.2. The van der Waals surface area contributed by atoms with Gasteiger partial charge in [-0.3, -0.25) is 0 Å². The Morgan fingerprint density at radius 1 is 1.20 bits per heavy atom. The van der Waals surface area contributed by atoms with Crippen molar-refractivity contribution in [2.45, 2.75) is 51.8 Å². The van der Waals surface area contributed by atoms with Gasteiger partial charge < -0.3 is 0 Å². The lowest BCUT2D eigenvalue weighted by Crippen LogP contribution is -2.20. The molecule has 1 aromatic rings. The van der Waals surface area contributed by atoms with Crippen molar-refractivity contribution < 1.29 is 0 Å². The molecule has 0 fully saturated rings. The SMILES string of the molecule is [B]C(C)(CC)c1ccc(C(C)CC)cc1. The van der Waals surface area contributed by atoms with Crippen molar-refractivity contribution in [1.29, 1.82) is 0 Å². The molecular weight excluding hydrogens is 179 g/mol. The van der Waals surface area contributed by atoms with E-state index in [1.54, 1.807) is 0 Å². The summed E-state index contributed by atoms with van der Waals surface area (Å²) in [5.41, 5.74) is 2.64. The zero-order chi connectivity index (χ0) is 11.5. The topological polar surface area (TPSA) is 0 Å². The van der Waals surface area contributed by atoms with E-state index in [9.17, 15) is 0 Å². The summed E-state index contributed by atoms with van der Waals surface area (Å²) >= 11 is 0. The van der Waals surface area contributed by atoms with Crippen LogP contribution in [0.25, 0.3) is 0 Å². The Hall–Kier alpha value is -0.715. The van der Waals surface area contributed by atoms with Gasteiger partial charge in [0.2, 0.25) is 0 Å². The minimum Gasteiger partial charge on any atom is -0.0653 e. The third-order valence-electron chi connectivity index (χ3n) is 3.49. The molecule has 1 rings (SSSR count). The molecule has 15 heavy (non-hydrogen) atoms. The summed E-state index contributed by atoms with van der Waals surface area (Å²) in [6, 6.07) is 8.77. The molecule has 1 aromatic carbocycles. The molecule has 0 aliphatic carbocycles. The second-order valence-electron chi connectivity index (χ2n) is 4.70. The van der Waals surface area contributed by atoms with Crippen LogP contribution in [0, 0.1) is 0 Å². The van der Waals surface area contributed by atoms with Crippen molar-refractivity contribution in [2.75, 3.05) is 0 Å². The molecule has 0 aliphatic heterocycles. The molecule has 0 aliphatic rings. The maximum atomic E-state index is 6.20. The molecule has 1 heteroatoms. The molecule has 0 aromatic heterocycles. The summed E-state index contributed by atoms with van der Waals surface area (Å²) in [7, 11) is 6.20. The van der Waals surface area contributed by atoms with Crippen LogP contribution in [-0.4, -0.2) is 7.85 Å². The van der Waals surface area contributed by atoms with Crippen LogP contribution in [-0.2, 0) is 5.31 Å². The molecule has 0 saturated carbocycles. The largest absolute Gasteiger partial charge is 0.0806 e. The van der Waals surface area contributed by atoms with E-state index in [4.69, 9.17) is 7.85 Å². The number of benzene rings is 1. The van der Waals surface area contributed by atoms with E-state index in [1.807, 2.05) is 0 Å². The molecule has 0 saturated heterocycles. The van der Waals surface area contributed by atoms with Gasteiger partial charge >= 0.3 is 0 Å². The lowest BCUT2D eigenvalue weighted by molar-refractivity contribution is 0.647. The molecule has 0 amide bonds. The standard InChI is InChI=1S/C14H21B/c1-5-11(3)12-7-9-13(10-8-12)14(4,15)6-2/h7-11H,5-6H2,1-4H3. The van der Waals surface area contributed by atoms with Crippen molar-refractivity contribution in [3.63, 3.8) is 0 Å². The van der Waals surface area contributed by atoms with E-state index in [0.717, 1.165) is 6.42 Å². The van der Waals surface area contributed by atoms with E-state index in [0.29, 0.717) is 5.92 Å². The van der Waals surface area contributed by atoms with Crippen molar-refractivity contribution in [1.82, 2.24) is 0 Å². The highest BCUT2D eigenvalue weighted by Crippen LogP contribution is 2.26. The highest BCUT2D eigenvalue weighted by molar-refractivity contribution is 6.15. The molecule has 0 spiro atoms. The Morgan fingerprint density at radius 3 is 2.13 bits per heavy atom. The van der Waals surface area contributed by atoms with Crippen LogP contribution in [0.4, 0.5) is 0 Å². The van der Waals surface area contributed by atoms with Crippen molar-refractivity contribution in [3.05, 3.63) is 35.4 Å². The zero-order valence-electron chi connectivity index (χ0n) is 10.4. The minimum atomic E-state index is -0.187. The third kappa shape index (κ3) is 2.87. The lowest BCUT2D eigenvalue weighted by atomic mass is 9.64. The minimum absolute atomic E-state index is 0.187. The fourth-order valence-corrected chi connectivity index (χ4v) is 1.63. The average Bonchev–Trinajstić information content (AvgIpc) is 2.28. The first kappa shape index (κ1) is 12.4. The van der Waals surface area contributed by atoms with Gasteiger partial charge in [0.15, 0.2) is 0 Å². The summed E-state index contributed by atoms with van der Waals surface area (Å²) in [6.07, 6.45) is 2.16. The molecule has 2 radical (unpaired) electrons. The quantitative estimate of drug-likeness (QED) is 0.644. The van der Waals surface area contributed by atoms with Gasteiger partial charge in [-0.15, -0.1) is 0 Å². The Balaban J connectivity index is 2.90. The van der Waals surface area contributed by atoms with Gasteiger partial charge in [0.25, 0.3) is 0 Å². The molecule has 0 N–H and O–H groups in total. The van der Waals surface area contributed by atoms with E-state index in [1.165, 1.54) is 17.5 Å². The molecular formula is C14H21B. The van der Waals surface area contributed by atoms with Crippen LogP contribution in [0.3, 0.4) is 0 Å². The van der Waals surface area contributed by atoms with Crippen LogP contribution < -0.4 is 0 Å². The number of hydrogen-bond acceptors (Lipinski definition) is 0. The second kappa shape index (κ2) is 4.87. The second-order valence-corrected chi connectivity index (χ2v) is 4.70. The van der Waals surface area contributed by atoms with Crippen LogP contribution >= 0.6 is 0 Å². The van der Waals surface area contributed by atoms with Gasteiger partial charge in [0, 0.05) is 0 Å². The molecule has 0 heterocycles. The first-order chi connectivity index (χ1) is 7.01. The first-order valence-electron chi connectivity index (χ1n) is 5.90. The summed E-state index contributed by atoms with van der Waals surface area (Å²) in [4.78, 5) is 0. The molecule has 2 unspecified atom stereocenters. The Morgan fingerprint density at radius 2 is 1.73 bits per heavy atom. The van der Waals surface area contributed by atoms with Gasteiger partial charge in [-0.2, -0.15) is 0 Å². The van der Waals surface area contributed by atoms with Crippen LogP contribution in [0.2, 0.25) is 0 Å². The lowest BCUT2D eigenvalue weighted by Gasteiger charge is -2.24. The summed E-state index contributed by atoms with van der Waals surface area (Å²) in [6.45, 7) is 8.70. The van der Waals surface area contributed by atoms with Gasteiger partial charge in [-0.25, -0.2) is 0 Å². The summed E-state index contributed by atoms with van der Waals surface area (Å²) < 4.78 is 0. The molecule has 0 bridgehead atoms. The molecule has 2 atom stereocenters. The normalized spacial score (nSPS) is 17.1. The summed E-state index contributed by atoms with van der Waals surface area (Å²) in [5.74, 6) is 0.643. The maximum Gasteiger partial charge on any atom is 0.0806 e. The van der Waals surface area contributed by atoms with Crippen LogP contribution in [0.5, 0.6) is 0 Å². The zero-order valence-corrected chi connectivity index (χ0v) is 10.4. The van der Waals surface area contributed by atoms with Crippen molar-refractivity contribution in [2.24, 2.45) is 0 Å². The third-order valence-corrected chi connectivity index (χ3v) is 3.49. The fourth-order valence-electron chi connectivity index (χ4n) is 1.63. The Labute approximate surface area is 95.5 Å². The summed E-state index contributed by atoms with van der Waals surface area (Å²) in [5, 5.41) is -0.187. The van der Waals surface area contributed by atoms with Gasteiger partial charge in [0.1, 0.15) is 0 Å². The monoisotopic (exact) mass is 200 g/mol. The Kier molecular flexibility index (Phi) is 4.01. The predicted molar refractivity (Wildman–Crippen MR) is 68.5 cm³/mol. The number of hydrogen-bond donors (Lipinski definition) is 0. The van der Waals surface area contributed by atoms with E-state index >= 15 is 0 Å². The average molecular weight is 200 g/mol. The van der Waals surface area contributed by atoms with E-state index in [2.05, 4.69) is 52.0 Å². The Bertz CT molecular complexity index is 298. The van der Waals surface area contributed by atoms with Gasteiger partial charge in [-0.1, -0.05) is 63.9 Å². The molecule has 0 nitrogen and oxygen atoms in total. The first-order valence-corrected chi connectivity index (χ1v) is 5.90. The van der Waals surface area contributed by atoms with Gasteiger partial charge in [-0.05, 0) is 23.2 Å². The van der Waals surface area contributed by atoms with Crippen LogP contribution in [0.1, 0.15) is 57.6 Å². The van der Waals surface area contributed by atoms with Crippen molar-refractivity contribution >= 4 is 7.85 Å². The predicted octanol–water partition coefficient (Wildman–Crippen LogP) is 3.99. The fraction of sp³-hybridized carbons (Fsp3) is 0.571. The smallest absolute Gasteiger partial charge is 0.0653 e. The highest BCUT2D eigenvalue weighted by Gasteiger charge is 2.17. The number of rotatable bonds is 4. The van der Waals surface area contributed by atoms with Crippen molar-refractivity contribution in [3.8, 4) is 0 Å². The van der Waals surface area contributed by atoms with Crippen LogP contribution in [0.15, 0.2) is 24.3 Å². The maximum absolute atomic E-state index is 6.20. The molecule has 80 valence electrons. The van der Waals surface area contributed by atoms with E-state index < -0.39 is 0 Å².